The van der Waals surface area contributed by atoms with Crippen molar-refractivity contribution in [1.29, 1.82) is 0 Å². The molecule has 7 heteroatoms. The molecule has 0 unspecified atom stereocenters. The van der Waals surface area contributed by atoms with Gasteiger partial charge in [-0.3, -0.25) is 9.69 Å². The number of urea groups is 1. The predicted octanol–water partition coefficient (Wildman–Crippen LogP) is 4.13. The van der Waals surface area contributed by atoms with Gasteiger partial charge in [-0.1, -0.05) is 24.3 Å². The molecular formula is C25H27F2N3O2. The van der Waals surface area contributed by atoms with Gasteiger partial charge in [-0.15, -0.1) is 0 Å². The molecule has 0 N–H and O–H groups in total. The minimum atomic E-state index is -0.934. The van der Waals surface area contributed by atoms with Crippen molar-refractivity contribution in [3.63, 3.8) is 0 Å². The van der Waals surface area contributed by atoms with Crippen LogP contribution in [-0.2, 0) is 24.2 Å². The fourth-order valence-corrected chi connectivity index (χ4v) is 5.21. The first-order valence-electron chi connectivity index (χ1n) is 11.4. The lowest BCUT2D eigenvalue weighted by Crippen LogP contribution is -2.50. The Labute approximate surface area is 186 Å². The van der Waals surface area contributed by atoms with Gasteiger partial charge < -0.3 is 9.80 Å². The quantitative estimate of drug-likeness (QED) is 0.671. The van der Waals surface area contributed by atoms with Crippen LogP contribution in [0, 0.1) is 17.6 Å². The van der Waals surface area contributed by atoms with E-state index in [2.05, 4.69) is 12.1 Å². The average molecular weight is 440 g/mol. The van der Waals surface area contributed by atoms with Gasteiger partial charge in [-0.05, 0) is 54.9 Å². The van der Waals surface area contributed by atoms with E-state index in [-0.39, 0.29) is 17.9 Å². The zero-order chi connectivity index (χ0) is 22.2. The SMILES string of the molecule is O=C(C1CCN(C(=O)N2CCCc3cc(F)c(F)cc32)CC1)N1CCc2ccccc2C1. The van der Waals surface area contributed by atoms with Crippen molar-refractivity contribution in [2.45, 2.75) is 38.6 Å². The van der Waals surface area contributed by atoms with Crippen molar-refractivity contribution in [2.75, 3.05) is 31.1 Å². The summed E-state index contributed by atoms with van der Waals surface area (Å²) >= 11 is 0. The summed E-state index contributed by atoms with van der Waals surface area (Å²) in [4.78, 5) is 31.5. The fraction of sp³-hybridized carbons (Fsp3) is 0.440. The van der Waals surface area contributed by atoms with Gasteiger partial charge in [-0.25, -0.2) is 13.6 Å². The summed E-state index contributed by atoms with van der Waals surface area (Å²) in [5.41, 5.74) is 3.66. The summed E-state index contributed by atoms with van der Waals surface area (Å²) in [7, 11) is 0. The third kappa shape index (κ3) is 3.85. The second kappa shape index (κ2) is 8.52. The number of carbonyl (C=O) groups excluding carboxylic acids is 2. The first kappa shape index (κ1) is 20.9. The lowest BCUT2D eigenvalue weighted by Gasteiger charge is -2.39. The monoisotopic (exact) mass is 439 g/mol. The largest absolute Gasteiger partial charge is 0.338 e. The number of nitrogens with zero attached hydrogens (tertiary/aromatic N) is 3. The molecule has 3 aliphatic heterocycles. The van der Waals surface area contributed by atoms with Gasteiger partial charge in [0, 0.05) is 44.7 Å². The van der Waals surface area contributed by atoms with Gasteiger partial charge >= 0.3 is 6.03 Å². The van der Waals surface area contributed by atoms with E-state index in [4.69, 9.17) is 0 Å². The molecule has 0 aliphatic carbocycles. The van der Waals surface area contributed by atoms with Gasteiger partial charge in [0.25, 0.3) is 0 Å². The second-order valence-electron chi connectivity index (χ2n) is 8.97. The molecule has 0 saturated carbocycles. The number of benzene rings is 2. The number of halogens is 2. The molecule has 5 nitrogen and oxygen atoms in total. The van der Waals surface area contributed by atoms with E-state index in [1.807, 2.05) is 17.0 Å². The molecule has 3 heterocycles. The first-order valence-corrected chi connectivity index (χ1v) is 11.4. The minimum Gasteiger partial charge on any atom is -0.338 e. The zero-order valence-electron chi connectivity index (χ0n) is 18.0. The highest BCUT2D eigenvalue weighted by Gasteiger charge is 2.34. The Balaban J connectivity index is 1.22. The van der Waals surface area contributed by atoms with E-state index in [0.29, 0.717) is 56.7 Å². The molecule has 0 radical (unpaired) electrons. The molecule has 0 atom stereocenters. The number of piperidine rings is 1. The van der Waals surface area contributed by atoms with Crippen LogP contribution in [0.15, 0.2) is 36.4 Å². The van der Waals surface area contributed by atoms with E-state index < -0.39 is 11.6 Å². The highest BCUT2D eigenvalue weighted by molar-refractivity contribution is 5.93. The van der Waals surface area contributed by atoms with E-state index in [1.54, 1.807) is 9.80 Å². The van der Waals surface area contributed by atoms with E-state index in [1.165, 1.54) is 17.2 Å². The molecule has 3 aliphatic rings. The minimum absolute atomic E-state index is 0.0792. The number of aryl methyl sites for hydroxylation is 1. The van der Waals surface area contributed by atoms with Crippen LogP contribution >= 0.6 is 0 Å². The smallest absolute Gasteiger partial charge is 0.324 e. The fourth-order valence-electron chi connectivity index (χ4n) is 5.21. The van der Waals surface area contributed by atoms with E-state index in [9.17, 15) is 18.4 Å². The van der Waals surface area contributed by atoms with Crippen LogP contribution in [-0.4, -0.2) is 47.9 Å². The van der Waals surface area contributed by atoms with Crippen molar-refractivity contribution in [3.05, 3.63) is 64.7 Å². The summed E-state index contributed by atoms with van der Waals surface area (Å²) in [5.74, 6) is -1.72. The zero-order valence-corrected chi connectivity index (χ0v) is 18.0. The molecule has 0 aromatic heterocycles. The standard InChI is InChI=1S/C25H27F2N3O2/c26-21-14-19-6-3-10-30(23(19)15-22(21)27)25(32)28-11-8-18(9-12-28)24(31)29-13-7-17-4-1-2-5-20(17)16-29/h1-2,4-5,14-15,18H,3,6-13,16H2. The Morgan fingerprint density at radius 2 is 1.53 bits per heavy atom. The number of amides is 3. The number of hydrogen-bond donors (Lipinski definition) is 0. The Morgan fingerprint density at radius 3 is 2.31 bits per heavy atom. The molecule has 32 heavy (non-hydrogen) atoms. The Bertz CT molecular complexity index is 1050. The van der Waals surface area contributed by atoms with Crippen LogP contribution in [0.4, 0.5) is 19.3 Å². The molecule has 1 saturated heterocycles. The maximum atomic E-state index is 13.8. The number of fused-ring (bicyclic) bond motifs is 2. The average Bonchev–Trinajstić information content (AvgIpc) is 2.83. The Hall–Kier alpha value is -2.96. The molecular weight excluding hydrogens is 412 g/mol. The molecule has 3 amide bonds. The van der Waals surface area contributed by atoms with E-state index >= 15 is 0 Å². The molecule has 168 valence electrons. The van der Waals surface area contributed by atoms with Gasteiger partial charge in [0.05, 0.1) is 5.69 Å². The lowest BCUT2D eigenvalue weighted by molar-refractivity contribution is -0.137. The maximum Gasteiger partial charge on any atom is 0.324 e. The number of hydrogen-bond acceptors (Lipinski definition) is 2. The lowest BCUT2D eigenvalue weighted by atomic mass is 9.93. The molecule has 0 spiro atoms. The van der Waals surface area contributed by atoms with Crippen molar-refractivity contribution < 1.29 is 18.4 Å². The summed E-state index contributed by atoms with van der Waals surface area (Å²) in [5, 5.41) is 0. The van der Waals surface area contributed by atoms with Crippen LogP contribution < -0.4 is 4.90 Å². The Morgan fingerprint density at radius 1 is 0.812 bits per heavy atom. The summed E-state index contributed by atoms with van der Waals surface area (Å²) < 4.78 is 27.4. The highest BCUT2D eigenvalue weighted by Crippen LogP contribution is 2.31. The van der Waals surface area contributed by atoms with Crippen LogP contribution in [0.5, 0.6) is 0 Å². The summed E-state index contributed by atoms with van der Waals surface area (Å²) in [6.45, 7) is 2.87. The van der Waals surface area contributed by atoms with Gasteiger partial charge in [0.15, 0.2) is 11.6 Å². The first-order chi connectivity index (χ1) is 15.5. The van der Waals surface area contributed by atoms with Crippen molar-refractivity contribution in [3.8, 4) is 0 Å². The van der Waals surface area contributed by atoms with Gasteiger partial charge in [0.1, 0.15) is 0 Å². The maximum absolute atomic E-state index is 13.8. The van der Waals surface area contributed by atoms with Crippen LogP contribution in [0.1, 0.15) is 36.0 Å². The Kier molecular flexibility index (Phi) is 5.57. The summed E-state index contributed by atoms with van der Waals surface area (Å²) in [6.07, 6.45) is 3.48. The van der Waals surface area contributed by atoms with Crippen molar-refractivity contribution in [1.82, 2.24) is 9.80 Å². The van der Waals surface area contributed by atoms with Crippen LogP contribution in [0.25, 0.3) is 0 Å². The van der Waals surface area contributed by atoms with Gasteiger partial charge in [-0.2, -0.15) is 0 Å². The number of likely N-dealkylation sites (tertiary alicyclic amines) is 1. The van der Waals surface area contributed by atoms with Crippen LogP contribution in [0.2, 0.25) is 0 Å². The van der Waals surface area contributed by atoms with Crippen molar-refractivity contribution >= 4 is 17.6 Å². The normalized spacial score (nSPS) is 18.9. The highest BCUT2D eigenvalue weighted by atomic mass is 19.2. The molecule has 2 aromatic carbocycles. The van der Waals surface area contributed by atoms with Gasteiger partial charge in [0.2, 0.25) is 5.91 Å². The van der Waals surface area contributed by atoms with E-state index in [0.717, 1.165) is 25.5 Å². The number of rotatable bonds is 1. The molecule has 0 bridgehead atoms. The number of anilines is 1. The second-order valence-corrected chi connectivity index (χ2v) is 8.97. The third-order valence-corrected chi connectivity index (χ3v) is 7.03. The predicted molar refractivity (Wildman–Crippen MR) is 117 cm³/mol. The topological polar surface area (TPSA) is 43.9 Å². The third-order valence-electron chi connectivity index (χ3n) is 7.03. The number of carbonyl (C=O) groups is 2. The molecule has 2 aromatic rings. The summed E-state index contributed by atoms with van der Waals surface area (Å²) in [6, 6.07) is 10.4. The van der Waals surface area contributed by atoms with Crippen LogP contribution in [0.3, 0.4) is 0 Å². The van der Waals surface area contributed by atoms with Crippen molar-refractivity contribution in [2.24, 2.45) is 5.92 Å². The molecule has 5 rings (SSSR count). The molecule has 1 fully saturated rings.